The molecule has 0 fully saturated rings. The Labute approximate surface area is 60.7 Å². The van der Waals surface area contributed by atoms with E-state index in [-0.39, 0.29) is 0 Å². The Bertz CT molecular complexity index is 189. The van der Waals surface area contributed by atoms with Crippen LogP contribution in [0.5, 0.6) is 0 Å². The Morgan fingerprint density at radius 1 is 1.70 bits per heavy atom. The first-order chi connectivity index (χ1) is 4.77. The van der Waals surface area contributed by atoms with Crippen LogP contribution in [0.1, 0.15) is 20.3 Å². The zero-order valence-electron chi connectivity index (χ0n) is 6.33. The van der Waals surface area contributed by atoms with Crippen LogP contribution in [0, 0.1) is 0 Å². The molecule has 0 bridgehead atoms. The van der Waals surface area contributed by atoms with E-state index in [4.69, 9.17) is 5.53 Å². The molecule has 0 unspecified atom stereocenters. The van der Waals surface area contributed by atoms with Crippen molar-refractivity contribution < 1.29 is 0 Å². The molecule has 0 heterocycles. The van der Waals surface area contributed by atoms with E-state index < -0.39 is 0 Å². The van der Waals surface area contributed by atoms with E-state index in [9.17, 15) is 0 Å². The Kier molecular flexibility index (Phi) is 5.26. The van der Waals surface area contributed by atoms with Gasteiger partial charge in [0.25, 0.3) is 0 Å². The molecule has 0 aromatic carbocycles. The van der Waals surface area contributed by atoms with E-state index in [1.807, 2.05) is 19.9 Å². The zero-order valence-corrected chi connectivity index (χ0v) is 6.33. The van der Waals surface area contributed by atoms with Crippen molar-refractivity contribution in [2.75, 3.05) is 6.54 Å². The number of azide groups is 1. The fourth-order valence-corrected chi connectivity index (χ4v) is 0.443. The molecule has 3 nitrogen and oxygen atoms in total. The highest BCUT2D eigenvalue weighted by atomic mass is 15.1. The second-order valence-electron chi connectivity index (χ2n) is 2.09. The van der Waals surface area contributed by atoms with Gasteiger partial charge in [-0.05, 0) is 37.4 Å². The molecule has 0 radical (unpaired) electrons. The molecule has 0 spiro atoms. The third-order valence-corrected chi connectivity index (χ3v) is 0.827. The summed E-state index contributed by atoms with van der Waals surface area (Å²) in [5.41, 5.74) is 12.0. The minimum atomic E-state index is 0.525. The van der Waals surface area contributed by atoms with Crippen LogP contribution in [0.15, 0.2) is 22.5 Å². The molecular formula is C7H11N3. The number of rotatable bonds is 3. The summed E-state index contributed by atoms with van der Waals surface area (Å²) in [5, 5.41) is 3.37. The highest BCUT2D eigenvalue weighted by Gasteiger charge is 1.73. The van der Waals surface area contributed by atoms with Gasteiger partial charge in [0.05, 0.1) is 0 Å². The average molecular weight is 137 g/mol. The van der Waals surface area contributed by atoms with Gasteiger partial charge in [-0.15, -0.1) is 5.73 Å². The number of nitrogens with zero attached hydrogens (tertiary/aromatic N) is 3. The summed E-state index contributed by atoms with van der Waals surface area (Å²) >= 11 is 0. The van der Waals surface area contributed by atoms with Crippen molar-refractivity contribution in [2.24, 2.45) is 5.11 Å². The van der Waals surface area contributed by atoms with E-state index in [1.54, 1.807) is 0 Å². The molecule has 0 aliphatic rings. The van der Waals surface area contributed by atoms with Gasteiger partial charge in [0.15, 0.2) is 0 Å². The van der Waals surface area contributed by atoms with Crippen LogP contribution in [0.3, 0.4) is 0 Å². The maximum absolute atomic E-state index is 7.89. The van der Waals surface area contributed by atoms with Crippen molar-refractivity contribution in [3.05, 3.63) is 27.8 Å². The summed E-state index contributed by atoms with van der Waals surface area (Å²) < 4.78 is 0. The van der Waals surface area contributed by atoms with Crippen molar-refractivity contribution in [3.63, 3.8) is 0 Å². The van der Waals surface area contributed by atoms with Gasteiger partial charge in [-0.2, -0.15) is 0 Å². The smallest absolute Gasteiger partial charge is 0.0298 e. The quantitative estimate of drug-likeness (QED) is 0.189. The average Bonchev–Trinajstić information content (AvgIpc) is 1.87. The lowest BCUT2D eigenvalue weighted by Crippen LogP contribution is -1.70. The van der Waals surface area contributed by atoms with Crippen LogP contribution in [0.4, 0.5) is 0 Å². The fourth-order valence-electron chi connectivity index (χ4n) is 0.443. The van der Waals surface area contributed by atoms with Crippen LogP contribution in [0.25, 0.3) is 10.4 Å². The van der Waals surface area contributed by atoms with Gasteiger partial charge in [0, 0.05) is 11.5 Å². The monoisotopic (exact) mass is 137 g/mol. The third-order valence-electron chi connectivity index (χ3n) is 0.827. The lowest BCUT2D eigenvalue weighted by molar-refractivity contribution is 0.992. The molecule has 0 saturated heterocycles. The Morgan fingerprint density at radius 2 is 2.40 bits per heavy atom. The van der Waals surface area contributed by atoms with Gasteiger partial charge < -0.3 is 0 Å². The molecule has 0 amide bonds. The predicted molar refractivity (Wildman–Crippen MR) is 41.6 cm³/mol. The zero-order chi connectivity index (χ0) is 7.82. The van der Waals surface area contributed by atoms with Crippen molar-refractivity contribution >= 4 is 0 Å². The van der Waals surface area contributed by atoms with Gasteiger partial charge in [0.2, 0.25) is 0 Å². The lowest BCUT2D eigenvalue weighted by Gasteiger charge is -1.79. The predicted octanol–water partition coefficient (Wildman–Crippen LogP) is 2.81. The standard InChI is InChI=1S/C7H11N3/c1-7(2)5-3-4-6-9-10-8/h3H,4,6H2,1-2H3. The summed E-state index contributed by atoms with van der Waals surface area (Å²) in [4.78, 5) is 2.62. The van der Waals surface area contributed by atoms with Crippen molar-refractivity contribution in [3.8, 4) is 0 Å². The first-order valence-corrected chi connectivity index (χ1v) is 3.16. The summed E-state index contributed by atoms with van der Waals surface area (Å²) in [7, 11) is 0. The molecule has 10 heavy (non-hydrogen) atoms. The molecule has 3 heteroatoms. The first kappa shape index (κ1) is 8.83. The summed E-state index contributed by atoms with van der Waals surface area (Å²) in [6.45, 7) is 4.48. The maximum Gasteiger partial charge on any atom is 0.0298 e. The summed E-state index contributed by atoms with van der Waals surface area (Å²) in [6, 6.07) is 0. The van der Waals surface area contributed by atoms with Gasteiger partial charge in [-0.25, -0.2) is 0 Å². The molecule has 54 valence electrons. The molecule has 0 saturated carbocycles. The highest BCUT2D eigenvalue weighted by Crippen LogP contribution is 1.87. The van der Waals surface area contributed by atoms with Crippen molar-refractivity contribution in [1.29, 1.82) is 0 Å². The summed E-state index contributed by atoms with van der Waals surface area (Å²) in [5.74, 6) is 0. The largest absolute Gasteiger partial charge is 0.127 e. The normalized spacial score (nSPS) is 7.40. The van der Waals surface area contributed by atoms with Crippen LogP contribution in [-0.2, 0) is 0 Å². The van der Waals surface area contributed by atoms with Crippen molar-refractivity contribution in [2.45, 2.75) is 20.3 Å². The molecule has 0 aliphatic heterocycles. The number of hydrogen-bond acceptors (Lipinski definition) is 1. The Balaban J connectivity index is 3.55. The van der Waals surface area contributed by atoms with Gasteiger partial charge in [-0.3, -0.25) is 0 Å². The van der Waals surface area contributed by atoms with Gasteiger partial charge >= 0.3 is 0 Å². The minimum absolute atomic E-state index is 0.525. The molecule has 0 atom stereocenters. The van der Waals surface area contributed by atoms with E-state index in [2.05, 4.69) is 15.8 Å². The van der Waals surface area contributed by atoms with Crippen molar-refractivity contribution in [1.82, 2.24) is 0 Å². The molecular weight excluding hydrogens is 126 g/mol. The number of hydrogen-bond donors (Lipinski definition) is 0. The van der Waals surface area contributed by atoms with Crippen LogP contribution in [0.2, 0.25) is 0 Å². The van der Waals surface area contributed by atoms with E-state index in [1.165, 1.54) is 0 Å². The Morgan fingerprint density at radius 3 is 2.90 bits per heavy atom. The SMILES string of the molecule is CC(C)=C=CCCN=[N+]=[N-]. The van der Waals surface area contributed by atoms with E-state index in [0.29, 0.717) is 6.54 Å². The van der Waals surface area contributed by atoms with E-state index in [0.717, 1.165) is 12.0 Å². The van der Waals surface area contributed by atoms with Crippen LogP contribution in [-0.4, -0.2) is 6.54 Å². The minimum Gasteiger partial charge on any atom is -0.127 e. The van der Waals surface area contributed by atoms with Crippen LogP contribution < -0.4 is 0 Å². The lowest BCUT2D eigenvalue weighted by atomic mass is 10.3. The highest BCUT2D eigenvalue weighted by molar-refractivity contribution is 4.93. The third kappa shape index (κ3) is 6.83. The molecule has 0 aromatic rings. The molecule has 0 aromatic heterocycles. The molecule has 0 N–H and O–H groups in total. The maximum atomic E-state index is 7.89. The first-order valence-electron chi connectivity index (χ1n) is 3.16. The van der Waals surface area contributed by atoms with E-state index >= 15 is 0 Å². The summed E-state index contributed by atoms with van der Waals surface area (Å²) in [6.07, 6.45) is 2.65. The van der Waals surface area contributed by atoms with Crippen LogP contribution >= 0.6 is 0 Å². The van der Waals surface area contributed by atoms with Gasteiger partial charge in [-0.1, -0.05) is 5.11 Å². The molecule has 0 aliphatic carbocycles. The fraction of sp³-hybridized carbons (Fsp3) is 0.571. The second kappa shape index (κ2) is 5.96. The molecule has 0 rings (SSSR count). The second-order valence-corrected chi connectivity index (χ2v) is 2.09. The Hall–Kier alpha value is -1.17. The topological polar surface area (TPSA) is 48.8 Å². The van der Waals surface area contributed by atoms with Gasteiger partial charge in [0.1, 0.15) is 0 Å².